The predicted molar refractivity (Wildman–Crippen MR) is 290 cm³/mol. The summed E-state index contributed by atoms with van der Waals surface area (Å²) >= 11 is 0. The molecule has 0 aromatic heterocycles. The maximum absolute atomic E-state index is 15.0. The average Bonchev–Trinajstić information content (AvgIpc) is 3.40. The van der Waals surface area contributed by atoms with Crippen LogP contribution in [0.4, 0.5) is 4.39 Å². The number of hydrogen-bond donors (Lipinski definition) is 0. The second kappa shape index (κ2) is 42.0. The molecule has 0 spiro atoms. The Hall–Kier alpha value is -5.45. The number of unbranched alkanes of at least 4 members (excludes halogenated alkanes) is 30. The van der Waals surface area contributed by atoms with E-state index in [4.69, 9.17) is 28.4 Å². The van der Waals surface area contributed by atoms with Crippen LogP contribution in [0.1, 0.15) is 226 Å². The third-order valence-electron chi connectivity index (χ3n) is 12.9. The normalized spacial score (nSPS) is 10.9. The lowest BCUT2D eigenvalue weighted by molar-refractivity contribution is -0.138. The van der Waals surface area contributed by atoms with Gasteiger partial charge in [-0.05, 0) is 86.3 Å². The Kier molecular flexibility index (Phi) is 35.6. The topological polar surface area (TPSA) is 124 Å². The molecule has 0 unspecified atom stereocenters. The minimum atomic E-state index is -0.833. The van der Waals surface area contributed by atoms with Gasteiger partial charge in [0.15, 0.2) is 11.6 Å². The molecule has 3 aromatic carbocycles. The number of carbonyl (C=O) groups is 4. The molecule has 73 heavy (non-hydrogen) atoms. The maximum Gasteiger partial charge on any atom is 0.343 e. The van der Waals surface area contributed by atoms with Crippen molar-refractivity contribution in [2.75, 3.05) is 26.4 Å². The third-order valence-corrected chi connectivity index (χ3v) is 12.9. The van der Waals surface area contributed by atoms with Crippen molar-refractivity contribution in [3.05, 3.63) is 109 Å². The minimum Gasteiger partial charge on any atom is -0.494 e. The fourth-order valence-corrected chi connectivity index (χ4v) is 8.53. The zero-order valence-corrected chi connectivity index (χ0v) is 44.3. The van der Waals surface area contributed by atoms with E-state index in [1.165, 1.54) is 178 Å². The summed E-state index contributed by atoms with van der Waals surface area (Å²) in [4.78, 5) is 47.6. The molecule has 0 aliphatic rings. The second-order valence-electron chi connectivity index (χ2n) is 19.2. The Labute approximate surface area is 438 Å². The van der Waals surface area contributed by atoms with E-state index in [2.05, 4.69) is 13.2 Å². The van der Waals surface area contributed by atoms with Gasteiger partial charge in [-0.2, -0.15) is 0 Å². The fraction of sp³-hybridized carbons (Fsp3) is 0.581. The highest BCUT2D eigenvalue weighted by Crippen LogP contribution is 2.26. The van der Waals surface area contributed by atoms with E-state index in [9.17, 15) is 23.6 Å². The first kappa shape index (κ1) is 61.8. The summed E-state index contributed by atoms with van der Waals surface area (Å²) in [5.41, 5.74) is 0.554. The third kappa shape index (κ3) is 31.7. The molecule has 0 saturated heterocycles. The smallest absolute Gasteiger partial charge is 0.343 e. The Morgan fingerprint density at radius 3 is 0.932 bits per heavy atom. The molecule has 10 nitrogen and oxygen atoms in total. The molecule has 0 bridgehead atoms. The molecule has 0 radical (unpaired) electrons. The SMILES string of the molecule is C=CC(=O)OCCCCCCCCCCCCCCCCCCOc1ccc(C(=O)Oc2ccc(OC(=O)c3ccc(OCCCCCCCCCCCCCCCCCCOC(=O)C=C)cc3)c(F)c2)cc1. The van der Waals surface area contributed by atoms with Crippen molar-refractivity contribution in [3.8, 4) is 23.0 Å². The van der Waals surface area contributed by atoms with Gasteiger partial charge in [-0.3, -0.25) is 0 Å². The van der Waals surface area contributed by atoms with Gasteiger partial charge in [0.1, 0.15) is 17.2 Å². The highest BCUT2D eigenvalue weighted by atomic mass is 19.1. The van der Waals surface area contributed by atoms with E-state index >= 15 is 0 Å². The van der Waals surface area contributed by atoms with Gasteiger partial charge in [0.2, 0.25) is 0 Å². The summed E-state index contributed by atoms with van der Waals surface area (Å²) < 4.78 is 47.5. The van der Waals surface area contributed by atoms with Crippen molar-refractivity contribution < 1.29 is 52.0 Å². The van der Waals surface area contributed by atoms with Crippen LogP contribution in [-0.4, -0.2) is 50.3 Å². The Morgan fingerprint density at radius 1 is 0.356 bits per heavy atom. The highest BCUT2D eigenvalue weighted by Gasteiger charge is 2.16. The molecular formula is C62H89FO10. The summed E-state index contributed by atoms with van der Waals surface area (Å²) in [6, 6.07) is 17.0. The molecule has 404 valence electrons. The van der Waals surface area contributed by atoms with Gasteiger partial charge in [-0.1, -0.05) is 193 Å². The van der Waals surface area contributed by atoms with Gasteiger partial charge in [0.25, 0.3) is 0 Å². The molecule has 11 heteroatoms. The average molecular weight is 1010 g/mol. The zero-order chi connectivity index (χ0) is 52.2. The van der Waals surface area contributed by atoms with Gasteiger partial charge in [0, 0.05) is 18.2 Å². The van der Waals surface area contributed by atoms with E-state index < -0.39 is 17.8 Å². The first-order chi connectivity index (χ1) is 35.8. The Bertz CT molecular complexity index is 1950. The van der Waals surface area contributed by atoms with Crippen LogP contribution in [0.15, 0.2) is 92.0 Å². The van der Waals surface area contributed by atoms with E-state index in [1.54, 1.807) is 48.5 Å². The summed E-state index contributed by atoms with van der Waals surface area (Å²) in [5.74, 6) is -1.81. The number of halogens is 1. The van der Waals surface area contributed by atoms with Crippen molar-refractivity contribution in [2.24, 2.45) is 0 Å². The molecule has 0 aliphatic heterocycles. The molecule has 3 rings (SSSR count). The Morgan fingerprint density at radius 2 is 0.630 bits per heavy atom. The summed E-state index contributed by atoms with van der Waals surface area (Å²) in [6.45, 7) is 9.01. The maximum atomic E-state index is 15.0. The molecule has 0 heterocycles. The fourth-order valence-electron chi connectivity index (χ4n) is 8.53. The van der Waals surface area contributed by atoms with Crippen LogP contribution in [0, 0.1) is 5.82 Å². The van der Waals surface area contributed by atoms with Crippen molar-refractivity contribution in [2.45, 2.75) is 205 Å². The summed E-state index contributed by atoms with van der Waals surface area (Å²) in [6.07, 6.45) is 41.5. The van der Waals surface area contributed by atoms with Crippen LogP contribution < -0.4 is 18.9 Å². The molecule has 0 aliphatic carbocycles. The molecule has 0 atom stereocenters. The monoisotopic (exact) mass is 1010 g/mol. The largest absolute Gasteiger partial charge is 0.494 e. The lowest BCUT2D eigenvalue weighted by Crippen LogP contribution is -2.11. The number of benzene rings is 3. The van der Waals surface area contributed by atoms with Crippen molar-refractivity contribution in [1.82, 2.24) is 0 Å². The van der Waals surface area contributed by atoms with Crippen LogP contribution >= 0.6 is 0 Å². The molecule has 0 saturated carbocycles. The number of ether oxygens (including phenoxy) is 6. The first-order valence-electron chi connectivity index (χ1n) is 28.1. The van der Waals surface area contributed by atoms with Crippen molar-refractivity contribution in [1.29, 1.82) is 0 Å². The van der Waals surface area contributed by atoms with Crippen LogP contribution in [0.2, 0.25) is 0 Å². The van der Waals surface area contributed by atoms with Crippen molar-refractivity contribution >= 4 is 23.9 Å². The highest BCUT2D eigenvalue weighted by molar-refractivity contribution is 5.92. The summed E-state index contributed by atoms with van der Waals surface area (Å²) in [7, 11) is 0. The molecule has 0 amide bonds. The van der Waals surface area contributed by atoms with Crippen LogP contribution in [0.25, 0.3) is 0 Å². The van der Waals surface area contributed by atoms with Gasteiger partial charge in [-0.15, -0.1) is 0 Å². The predicted octanol–water partition coefficient (Wildman–Crippen LogP) is 17.0. The lowest BCUT2D eigenvalue weighted by atomic mass is 10.0. The second-order valence-corrected chi connectivity index (χ2v) is 19.2. The van der Waals surface area contributed by atoms with E-state index in [1.807, 2.05) is 0 Å². The van der Waals surface area contributed by atoms with E-state index in [0.717, 1.165) is 57.4 Å². The standard InChI is InChI=1S/C62H89FO10/c1-3-59(64)70-49-35-31-27-23-19-15-11-7-5-9-13-17-21-25-29-33-47-68-54-41-37-52(38-42-54)61(66)72-56-45-46-58(57(63)51-56)73-62(67)53-39-43-55(44-40-53)69-48-34-30-26-22-18-14-10-6-8-12-16-20-24-28-32-36-50-71-60(65)4-2/h3-4,37-46,51H,1-2,5-36,47-50H2. The van der Waals surface area contributed by atoms with Gasteiger partial charge in [-0.25, -0.2) is 23.6 Å². The number of carbonyl (C=O) groups excluding carboxylic acids is 4. The summed E-state index contributed by atoms with van der Waals surface area (Å²) in [5, 5.41) is 0. The first-order valence-corrected chi connectivity index (χ1v) is 28.1. The van der Waals surface area contributed by atoms with Crippen molar-refractivity contribution in [3.63, 3.8) is 0 Å². The van der Waals surface area contributed by atoms with Crippen LogP contribution in [-0.2, 0) is 19.1 Å². The molecular weight excluding hydrogens is 924 g/mol. The zero-order valence-electron chi connectivity index (χ0n) is 44.3. The Balaban J connectivity index is 1.13. The molecule has 0 N–H and O–H groups in total. The number of esters is 4. The number of rotatable bonds is 46. The van der Waals surface area contributed by atoms with Crippen LogP contribution in [0.3, 0.4) is 0 Å². The molecule has 0 fully saturated rings. The minimum absolute atomic E-state index is 0.0117. The van der Waals surface area contributed by atoms with E-state index in [0.29, 0.717) is 43.5 Å². The number of hydrogen-bond acceptors (Lipinski definition) is 10. The van der Waals surface area contributed by atoms with E-state index in [-0.39, 0.29) is 29.0 Å². The van der Waals surface area contributed by atoms with Gasteiger partial charge >= 0.3 is 23.9 Å². The quantitative estimate of drug-likeness (QED) is 0.0234. The van der Waals surface area contributed by atoms with Crippen LogP contribution in [0.5, 0.6) is 23.0 Å². The van der Waals surface area contributed by atoms with Gasteiger partial charge in [0.05, 0.1) is 37.6 Å². The molecule has 3 aromatic rings. The van der Waals surface area contributed by atoms with Gasteiger partial charge < -0.3 is 28.4 Å². The lowest BCUT2D eigenvalue weighted by Gasteiger charge is -2.10.